The largest absolute Gasteiger partial charge is 0.459 e. The molecule has 3 fully saturated rings. The lowest BCUT2D eigenvalue weighted by atomic mass is 9.75. The van der Waals surface area contributed by atoms with E-state index in [9.17, 15) is 30.3 Å². The van der Waals surface area contributed by atoms with Crippen molar-refractivity contribution in [3.05, 3.63) is 0 Å². The Balaban J connectivity index is 2.15. The van der Waals surface area contributed by atoms with E-state index in [-0.39, 0.29) is 43.9 Å². The van der Waals surface area contributed by atoms with Crippen LogP contribution >= 0.6 is 0 Å². The Morgan fingerprint density at radius 2 is 1.61 bits per heavy atom. The van der Waals surface area contributed by atoms with Crippen LogP contribution in [0.2, 0.25) is 0 Å². The molecule has 0 spiro atoms. The molecule has 0 unspecified atom stereocenters. The molecule has 0 aromatic carbocycles. The van der Waals surface area contributed by atoms with E-state index in [2.05, 4.69) is 10.6 Å². The average Bonchev–Trinajstić information content (AvgIpc) is 3.14. The third-order valence-corrected chi connectivity index (χ3v) is 13.1. The summed E-state index contributed by atoms with van der Waals surface area (Å²) in [7, 11) is 6.88. The first-order valence-corrected chi connectivity index (χ1v) is 20.9. The maximum absolute atomic E-state index is 14.3. The summed E-state index contributed by atoms with van der Waals surface area (Å²) < 4.78 is 43.4. The maximum Gasteiger partial charge on any atom is 0.311 e. The van der Waals surface area contributed by atoms with Gasteiger partial charge in [0.05, 0.1) is 42.5 Å². The SMILES string of the molecule is CC[C@H]1OC(=O)[C@H](C)[C@@H](O[C@H]2C[C@@](C)(OC)[C@@](O)(CNCCOC)[C@H](C)O2)[C@H](C)[C@@H](O[C@@H]2O[C@H](C)C[C@H](N(C)C)[C@H]2O)[C@@](C)(O)C[C@@H](C)CN[C@H](C)[C@@H](O)[C@]1(C)O. The number of methoxy groups -OCH3 is 2. The van der Waals surface area contributed by atoms with Crippen LogP contribution in [0.25, 0.3) is 0 Å². The number of likely N-dealkylation sites (N-methyl/N-ethyl adjacent to an activating group) is 1. The first kappa shape index (κ1) is 50.3. The number of esters is 1. The second-order valence-electron chi connectivity index (χ2n) is 18.2. The zero-order chi connectivity index (χ0) is 43.3. The lowest BCUT2D eigenvalue weighted by molar-refractivity contribution is -0.336. The number of cyclic esters (lactones) is 1. The van der Waals surface area contributed by atoms with Crippen molar-refractivity contribution in [1.29, 1.82) is 0 Å². The van der Waals surface area contributed by atoms with Gasteiger partial charge >= 0.3 is 5.97 Å². The number of nitrogens with one attached hydrogen (secondary N) is 2. The van der Waals surface area contributed by atoms with Crippen LogP contribution in [-0.4, -0.2) is 181 Å². The van der Waals surface area contributed by atoms with Crippen LogP contribution in [0.5, 0.6) is 0 Å². The zero-order valence-electron chi connectivity index (χ0n) is 37.2. The molecule has 7 N–H and O–H groups in total. The van der Waals surface area contributed by atoms with E-state index >= 15 is 0 Å². The minimum absolute atomic E-state index is 0.0642. The number of nitrogens with zero attached hydrogens (tertiary/aromatic N) is 1. The van der Waals surface area contributed by atoms with Gasteiger partial charge in [0.15, 0.2) is 12.6 Å². The highest BCUT2D eigenvalue weighted by Gasteiger charge is 2.58. The van der Waals surface area contributed by atoms with Crippen LogP contribution in [0.3, 0.4) is 0 Å². The monoisotopic (exact) mass is 822 g/mol. The topological polar surface area (TPSA) is 210 Å². The predicted octanol–water partition coefficient (Wildman–Crippen LogP) is 1.16. The lowest BCUT2D eigenvalue weighted by Crippen LogP contribution is -2.70. The van der Waals surface area contributed by atoms with Gasteiger partial charge in [0.2, 0.25) is 0 Å². The Morgan fingerprint density at radius 3 is 2.19 bits per heavy atom. The maximum atomic E-state index is 14.3. The van der Waals surface area contributed by atoms with Gasteiger partial charge in [-0.15, -0.1) is 0 Å². The smallest absolute Gasteiger partial charge is 0.311 e. The minimum atomic E-state index is -1.82. The summed E-state index contributed by atoms with van der Waals surface area (Å²) in [6.45, 7) is 18.9. The van der Waals surface area contributed by atoms with Crippen molar-refractivity contribution in [2.75, 3.05) is 54.6 Å². The highest BCUT2D eigenvalue weighted by atomic mass is 16.7. The molecule has 3 aliphatic rings. The van der Waals surface area contributed by atoms with Crippen molar-refractivity contribution in [2.24, 2.45) is 17.8 Å². The number of carbonyl (C=O) groups is 1. The summed E-state index contributed by atoms with van der Waals surface area (Å²) in [4.78, 5) is 16.3. The van der Waals surface area contributed by atoms with Gasteiger partial charge in [-0.05, 0) is 94.3 Å². The van der Waals surface area contributed by atoms with Crippen LogP contribution in [0.1, 0.15) is 94.9 Å². The summed E-state index contributed by atoms with van der Waals surface area (Å²) in [6, 6.07) is -0.891. The Morgan fingerprint density at radius 1 is 0.965 bits per heavy atom. The molecule has 16 nitrogen and oxygen atoms in total. The number of aliphatic hydroxyl groups excluding tert-OH is 2. The molecule has 0 bridgehead atoms. The molecule has 3 rings (SSSR count). The number of rotatable bonds is 12. The first-order chi connectivity index (χ1) is 26.4. The number of aliphatic hydroxyl groups is 5. The van der Waals surface area contributed by atoms with Crippen LogP contribution in [0.15, 0.2) is 0 Å². The summed E-state index contributed by atoms with van der Waals surface area (Å²) in [5.41, 5.74) is -6.07. The summed E-state index contributed by atoms with van der Waals surface area (Å²) in [6.07, 6.45) is -7.77. The minimum Gasteiger partial charge on any atom is -0.459 e. The van der Waals surface area contributed by atoms with Gasteiger partial charge in [0.25, 0.3) is 0 Å². The van der Waals surface area contributed by atoms with E-state index in [1.54, 1.807) is 48.7 Å². The summed E-state index contributed by atoms with van der Waals surface area (Å²) in [5, 5.41) is 65.8. The predicted molar refractivity (Wildman–Crippen MR) is 213 cm³/mol. The number of carbonyl (C=O) groups excluding carboxylic acids is 1. The molecule has 0 aromatic heterocycles. The van der Waals surface area contributed by atoms with E-state index < -0.39 is 95.5 Å². The van der Waals surface area contributed by atoms with E-state index in [1.807, 2.05) is 39.8 Å². The third-order valence-electron chi connectivity index (χ3n) is 13.1. The molecule has 336 valence electrons. The van der Waals surface area contributed by atoms with Crippen molar-refractivity contribution in [3.63, 3.8) is 0 Å². The highest BCUT2D eigenvalue weighted by Crippen LogP contribution is 2.43. The summed E-state index contributed by atoms with van der Waals surface area (Å²) in [5.74, 6) is -2.71. The molecular formula is C41H79N3O13. The van der Waals surface area contributed by atoms with Gasteiger partial charge in [0, 0.05) is 51.7 Å². The molecule has 0 radical (unpaired) electrons. The standard InChI is InChI=1S/C41H79N3O13/c1-15-30-40(10,49)34(46)27(6)43-21-23(2)19-38(8,48)35(57-37-32(45)29(44(11)12)18-24(3)53-37)25(4)33(26(5)36(47)55-30)56-31-20-39(9,52-14)41(50,28(7)54-31)22-42-16-17-51-13/h23-35,37,42-43,45-46,48-50H,15-22H2,1-14H3/t23-,24-,25+,26-,27-,28+,29+,30-,31+,32-,33+,34-,35-,37+,38+,39-,40-,41-/m1/s1. The molecule has 3 aliphatic heterocycles. The van der Waals surface area contributed by atoms with Crippen LogP contribution in [0, 0.1) is 17.8 Å². The van der Waals surface area contributed by atoms with Gasteiger partial charge in [-0.2, -0.15) is 0 Å². The van der Waals surface area contributed by atoms with Crippen molar-refractivity contribution < 1.29 is 63.5 Å². The molecule has 0 saturated carbocycles. The van der Waals surface area contributed by atoms with Crippen molar-refractivity contribution in [2.45, 2.75) is 185 Å². The van der Waals surface area contributed by atoms with E-state index in [1.165, 1.54) is 14.0 Å². The van der Waals surface area contributed by atoms with E-state index in [0.717, 1.165) is 0 Å². The normalized spacial score (nSPS) is 47.3. The quantitative estimate of drug-likeness (QED) is 0.109. The van der Waals surface area contributed by atoms with E-state index in [4.69, 9.17) is 33.2 Å². The second kappa shape index (κ2) is 20.6. The number of hydrogen-bond acceptors (Lipinski definition) is 16. The molecule has 16 heteroatoms. The van der Waals surface area contributed by atoms with Gasteiger partial charge in [0.1, 0.15) is 35.1 Å². The molecule has 18 atom stereocenters. The van der Waals surface area contributed by atoms with E-state index in [0.29, 0.717) is 26.1 Å². The molecule has 0 aliphatic carbocycles. The fourth-order valence-corrected chi connectivity index (χ4v) is 9.20. The Bertz CT molecular complexity index is 1250. The fraction of sp³-hybridized carbons (Fsp3) is 0.976. The molecule has 3 saturated heterocycles. The van der Waals surface area contributed by atoms with Gasteiger partial charge in [-0.1, -0.05) is 20.8 Å². The van der Waals surface area contributed by atoms with Gasteiger partial charge in [-0.25, -0.2) is 0 Å². The molecule has 57 heavy (non-hydrogen) atoms. The van der Waals surface area contributed by atoms with Crippen LogP contribution < -0.4 is 10.6 Å². The Kier molecular flexibility index (Phi) is 18.2. The van der Waals surface area contributed by atoms with Crippen LogP contribution in [0.4, 0.5) is 0 Å². The lowest BCUT2D eigenvalue weighted by Gasteiger charge is -2.53. The van der Waals surface area contributed by atoms with Crippen molar-refractivity contribution in [3.8, 4) is 0 Å². The first-order valence-electron chi connectivity index (χ1n) is 20.9. The van der Waals surface area contributed by atoms with Crippen LogP contribution in [-0.2, 0) is 38.0 Å². The average molecular weight is 822 g/mol. The number of ether oxygens (including phenoxy) is 7. The van der Waals surface area contributed by atoms with Gasteiger partial charge < -0.3 is 74.2 Å². The molecule has 0 amide bonds. The highest BCUT2D eigenvalue weighted by molar-refractivity contribution is 5.73. The summed E-state index contributed by atoms with van der Waals surface area (Å²) >= 11 is 0. The number of hydrogen-bond donors (Lipinski definition) is 7. The van der Waals surface area contributed by atoms with Crippen molar-refractivity contribution >= 4 is 5.97 Å². The third kappa shape index (κ3) is 11.6. The molecule has 0 aromatic rings. The van der Waals surface area contributed by atoms with Crippen molar-refractivity contribution in [1.82, 2.24) is 15.5 Å². The Labute approximate surface area is 341 Å². The molecule has 3 heterocycles. The second-order valence-corrected chi connectivity index (χ2v) is 18.2. The fourth-order valence-electron chi connectivity index (χ4n) is 9.20. The Hall–Kier alpha value is -1.09. The zero-order valence-corrected chi connectivity index (χ0v) is 37.2. The van der Waals surface area contributed by atoms with Gasteiger partial charge in [-0.3, -0.25) is 4.79 Å². The molecular weight excluding hydrogens is 742 g/mol.